The van der Waals surface area contributed by atoms with E-state index >= 15 is 0 Å². The van der Waals surface area contributed by atoms with E-state index in [0.717, 1.165) is 5.69 Å². The van der Waals surface area contributed by atoms with E-state index in [1.54, 1.807) is 29.0 Å². The molecule has 32 heavy (non-hydrogen) atoms. The first kappa shape index (κ1) is 21.3. The molecule has 0 saturated heterocycles. The normalized spacial score (nSPS) is 14.1. The van der Waals surface area contributed by atoms with Crippen LogP contribution in [0, 0.1) is 6.92 Å². The van der Waals surface area contributed by atoms with E-state index in [1.165, 1.54) is 6.07 Å². The molecule has 0 atom stereocenters. The number of aromatic carboxylic acids is 1. The second-order valence-corrected chi connectivity index (χ2v) is 7.58. The number of carboxylic acids is 1. The predicted molar refractivity (Wildman–Crippen MR) is 119 cm³/mol. The molecule has 2 amide bonds. The maximum Gasteiger partial charge on any atom is 0.335 e. The van der Waals surface area contributed by atoms with Crippen LogP contribution in [0.3, 0.4) is 0 Å². The number of carbonyl (C=O) groups excluding carboxylic acids is 2. The van der Waals surface area contributed by atoms with Gasteiger partial charge in [-0.2, -0.15) is 5.10 Å². The van der Waals surface area contributed by atoms with Gasteiger partial charge in [0.1, 0.15) is 5.69 Å². The molecule has 2 aromatic heterocycles. The van der Waals surface area contributed by atoms with Gasteiger partial charge in [0.05, 0.1) is 22.3 Å². The minimum absolute atomic E-state index is 0.0821. The first-order valence-electron chi connectivity index (χ1n) is 10.4. The molecular weight excluding hydrogens is 412 g/mol. The summed E-state index contributed by atoms with van der Waals surface area (Å²) in [5.74, 6) is -1.22. The second kappa shape index (κ2) is 8.66. The summed E-state index contributed by atoms with van der Waals surface area (Å²) in [6.07, 6.45) is 4.22. The summed E-state index contributed by atoms with van der Waals surface area (Å²) in [6.45, 7) is 5.22. The number of rotatable bonds is 4. The van der Waals surface area contributed by atoms with Crippen LogP contribution in [0.25, 0.3) is 17.1 Å². The highest BCUT2D eigenvalue weighted by Crippen LogP contribution is 2.27. The Labute approximate surface area is 183 Å². The zero-order valence-electron chi connectivity index (χ0n) is 17.9. The number of hydrogen-bond donors (Lipinski definition) is 3. The summed E-state index contributed by atoms with van der Waals surface area (Å²) in [5, 5.41) is 19.6. The van der Waals surface area contributed by atoms with Crippen molar-refractivity contribution >= 4 is 40.8 Å². The first-order valence-corrected chi connectivity index (χ1v) is 10.4. The lowest BCUT2D eigenvalue weighted by Gasteiger charge is -2.12. The van der Waals surface area contributed by atoms with Crippen LogP contribution in [-0.4, -0.2) is 48.8 Å². The highest BCUT2D eigenvalue weighted by atomic mass is 16.4. The van der Waals surface area contributed by atoms with Crippen molar-refractivity contribution in [3.8, 4) is 0 Å². The number of carboxylic acid groups (broad SMARTS) is 1. The molecular formula is C22H24N6O4. The number of imidazole rings is 1. The van der Waals surface area contributed by atoms with Crippen LogP contribution in [0.5, 0.6) is 0 Å². The van der Waals surface area contributed by atoms with Crippen LogP contribution >= 0.6 is 0 Å². The van der Waals surface area contributed by atoms with E-state index < -0.39 is 5.97 Å². The van der Waals surface area contributed by atoms with E-state index in [-0.39, 0.29) is 23.8 Å². The lowest BCUT2D eigenvalue weighted by molar-refractivity contribution is -0.120. The van der Waals surface area contributed by atoms with Crippen LogP contribution in [0.15, 0.2) is 24.3 Å². The number of hydrogen-bond acceptors (Lipinski definition) is 5. The first-order chi connectivity index (χ1) is 15.4. The molecule has 4 rings (SSSR count). The summed E-state index contributed by atoms with van der Waals surface area (Å²) in [6, 6.07) is 4.75. The Bertz CT molecular complexity index is 1250. The van der Waals surface area contributed by atoms with Gasteiger partial charge in [0.15, 0.2) is 0 Å². The summed E-state index contributed by atoms with van der Waals surface area (Å²) in [5.41, 5.74) is 3.02. The van der Waals surface area contributed by atoms with E-state index in [0.29, 0.717) is 54.3 Å². The second-order valence-electron chi connectivity index (χ2n) is 7.58. The van der Waals surface area contributed by atoms with Crippen molar-refractivity contribution in [1.82, 2.24) is 24.6 Å². The third-order valence-electron chi connectivity index (χ3n) is 5.26. The van der Waals surface area contributed by atoms with Gasteiger partial charge in [0.25, 0.3) is 5.91 Å². The number of nitrogens with zero attached hydrogens (tertiary/aromatic N) is 4. The molecule has 1 aliphatic rings. The zero-order chi connectivity index (χ0) is 22.8. The van der Waals surface area contributed by atoms with Crippen LogP contribution in [0.1, 0.15) is 51.9 Å². The highest BCUT2D eigenvalue weighted by Gasteiger charge is 2.21. The van der Waals surface area contributed by atoms with Crippen LogP contribution in [0.2, 0.25) is 0 Å². The summed E-state index contributed by atoms with van der Waals surface area (Å²) in [4.78, 5) is 41.1. The van der Waals surface area contributed by atoms with Gasteiger partial charge < -0.3 is 15.0 Å². The van der Waals surface area contributed by atoms with Gasteiger partial charge in [-0.25, -0.2) is 9.78 Å². The Morgan fingerprint density at radius 1 is 1.28 bits per heavy atom. The van der Waals surface area contributed by atoms with Crippen molar-refractivity contribution in [3.63, 3.8) is 0 Å². The molecule has 3 aromatic rings. The molecule has 0 spiro atoms. The third kappa shape index (κ3) is 4.11. The monoisotopic (exact) mass is 436 g/mol. The smallest absolute Gasteiger partial charge is 0.335 e. The van der Waals surface area contributed by atoms with E-state index in [1.807, 2.05) is 18.4 Å². The van der Waals surface area contributed by atoms with Crippen molar-refractivity contribution in [1.29, 1.82) is 0 Å². The fourth-order valence-electron chi connectivity index (χ4n) is 3.83. The molecule has 10 nitrogen and oxygen atoms in total. The van der Waals surface area contributed by atoms with Crippen molar-refractivity contribution < 1.29 is 19.5 Å². The van der Waals surface area contributed by atoms with Gasteiger partial charge in [-0.1, -0.05) is 12.2 Å². The molecule has 10 heteroatoms. The predicted octanol–water partition coefficient (Wildman–Crippen LogP) is 2.43. The molecule has 0 radical (unpaired) electrons. The van der Waals surface area contributed by atoms with Crippen LogP contribution in [-0.2, 0) is 17.9 Å². The maximum atomic E-state index is 13.0. The number of benzene rings is 1. The highest BCUT2D eigenvalue weighted by molar-refractivity contribution is 6.04. The number of carbonyl (C=O) groups is 3. The Kier molecular flexibility index (Phi) is 5.76. The summed E-state index contributed by atoms with van der Waals surface area (Å²) in [7, 11) is 0. The van der Waals surface area contributed by atoms with Gasteiger partial charge in [0, 0.05) is 31.6 Å². The number of aryl methyl sites for hydroxylation is 3. The number of anilines is 1. The minimum Gasteiger partial charge on any atom is -0.478 e. The Balaban J connectivity index is 1.83. The fourth-order valence-corrected chi connectivity index (χ4v) is 3.83. The number of amides is 2. The standard InChI is InChI=1S/C22H24N6O4/c1-3-28-17(10-13(2)26-28)20(30)25-22-24-16-12-15(21(31)32)11-14-6-4-7-18(29)23-8-5-9-27(22)19(14)16/h4,6,10-12H,3,5,7-9H2,1-2H3,(H,23,29)(H,31,32)(H,24,25,30). The summed E-state index contributed by atoms with van der Waals surface area (Å²) < 4.78 is 3.47. The molecule has 0 unspecified atom stereocenters. The quantitative estimate of drug-likeness (QED) is 0.576. The average Bonchev–Trinajstić information content (AvgIpc) is 3.29. The van der Waals surface area contributed by atoms with Crippen molar-refractivity contribution in [2.45, 2.75) is 39.8 Å². The van der Waals surface area contributed by atoms with E-state index in [9.17, 15) is 19.5 Å². The Morgan fingerprint density at radius 3 is 2.84 bits per heavy atom. The molecule has 3 N–H and O–H groups in total. The maximum absolute atomic E-state index is 13.0. The van der Waals surface area contributed by atoms with Crippen LogP contribution < -0.4 is 10.6 Å². The summed E-state index contributed by atoms with van der Waals surface area (Å²) >= 11 is 0. The van der Waals surface area contributed by atoms with Crippen molar-refractivity contribution in [2.75, 3.05) is 11.9 Å². The van der Waals surface area contributed by atoms with Gasteiger partial charge in [-0.3, -0.25) is 19.6 Å². The fraction of sp³-hybridized carbons (Fsp3) is 0.318. The SMILES string of the molecule is CCn1nc(C)cc1C(=O)Nc1nc2cc(C(=O)O)cc3c2n1CCCNC(=O)CC=C3. The topological polar surface area (TPSA) is 131 Å². The molecule has 0 aliphatic carbocycles. The van der Waals surface area contributed by atoms with Crippen molar-refractivity contribution in [2.24, 2.45) is 0 Å². The largest absolute Gasteiger partial charge is 0.478 e. The molecule has 0 fully saturated rings. The molecule has 1 aliphatic heterocycles. The van der Waals surface area contributed by atoms with Gasteiger partial charge in [0.2, 0.25) is 11.9 Å². The number of nitrogens with one attached hydrogen (secondary N) is 2. The van der Waals surface area contributed by atoms with Gasteiger partial charge in [-0.05, 0) is 38.5 Å². The minimum atomic E-state index is -1.08. The average molecular weight is 436 g/mol. The lowest BCUT2D eigenvalue weighted by Crippen LogP contribution is -2.24. The van der Waals surface area contributed by atoms with Gasteiger partial charge >= 0.3 is 5.97 Å². The van der Waals surface area contributed by atoms with Crippen molar-refractivity contribution in [3.05, 3.63) is 46.8 Å². The van der Waals surface area contributed by atoms with E-state index in [2.05, 4.69) is 20.7 Å². The molecule has 1 aromatic carbocycles. The third-order valence-corrected chi connectivity index (χ3v) is 5.26. The number of aromatic nitrogens is 4. The molecule has 0 bridgehead atoms. The lowest BCUT2D eigenvalue weighted by atomic mass is 10.1. The molecule has 0 saturated carbocycles. The van der Waals surface area contributed by atoms with Gasteiger partial charge in [-0.15, -0.1) is 0 Å². The van der Waals surface area contributed by atoms with E-state index in [4.69, 9.17) is 0 Å². The molecule has 3 heterocycles. The van der Waals surface area contributed by atoms with Crippen LogP contribution in [0.4, 0.5) is 5.95 Å². The zero-order valence-corrected chi connectivity index (χ0v) is 17.9. The Hall–Kier alpha value is -3.95. The Morgan fingerprint density at radius 2 is 2.09 bits per heavy atom. The molecule has 166 valence electrons.